The molecular formula is C19H16N4. The van der Waals surface area contributed by atoms with Gasteiger partial charge >= 0.3 is 0 Å². The Balaban J connectivity index is 1.91. The molecule has 4 rings (SSSR count). The SMILES string of the molecule is CCn1nc(-c2cccc3ccccc23)cc1-c1cccnn1. The predicted octanol–water partition coefficient (Wildman–Crippen LogP) is 4.18. The van der Waals surface area contributed by atoms with Gasteiger partial charge in [0, 0.05) is 18.3 Å². The van der Waals surface area contributed by atoms with Crippen molar-refractivity contribution >= 4 is 10.8 Å². The van der Waals surface area contributed by atoms with Crippen LogP contribution in [-0.2, 0) is 6.54 Å². The summed E-state index contributed by atoms with van der Waals surface area (Å²) in [7, 11) is 0. The molecule has 2 aromatic carbocycles. The molecule has 112 valence electrons. The maximum Gasteiger partial charge on any atom is 0.111 e. The van der Waals surface area contributed by atoms with Gasteiger partial charge in [0.2, 0.25) is 0 Å². The van der Waals surface area contributed by atoms with Gasteiger partial charge in [-0.1, -0.05) is 42.5 Å². The fraction of sp³-hybridized carbons (Fsp3) is 0.105. The first kappa shape index (κ1) is 13.6. The standard InChI is InChI=1S/C19H16N4/c1-2-23-19(17-11-6-12-20-21-17)13-18(22-23)16-10-5-8-14-7-3-4-9-15(14)16/h3-13H,2H2,1H3. The lowest BCUT2D eigenvalue weighted by Crippen LogP contribution is -2.00. The van der Waals surface area contributed by atoms with Crippen molar-refractivity contribution in [3.8, 4) is 22.6 Å². The van der Waals surface area contributed by atoms with Crippen LogP contribution in [0.1, 0.15) is 6.92 Å². The van der Waals surface area contributed by atoms with E-state index in [1.165, 1.54) is 10.8 Å². The predicted molar refractivity (Wildman–Crippen MR) is 91.9 cm³/mol. The van der Waals surface area contributed by atoms with Gasteiger partial charge in [-0.25, -0.2) is 0 Å². The summed E-state index contributed by atoms with van der Waals surface area (Å²) >= 11 is 0. The molecule has 2 heterocycles. The molecular weight excluding hydrogens is 284 g/mol. The Kier molecular flexibility index (Phi) is 3.35. The Morgan fingerprint density at radius 2 is 1.78 bits per heavy atom. The molecule has 4 aromatic rings. The second-order valence-corrected chi connectivity index (χ2v) is 5.37. The van der Waals surface area contributed by atoms with Gasteiger partial charge in [-0.15, -0.1) is 5.10 Å². The minimum atomic E-state index is 0.788. The first-order valence-corrected chi connectivity index (χ1v) is 7.71. The fourth-order valence-corrected chi connectivity index (χ4v) is 2.88. The van der Waals surface area contributed by atoms with Gasteiger partial charge in [0.05, 0.1) is 11.4 Å². The molecule has 4 nitrogen and oxygen atoms in total. The zero-order valence-corrected chi connectivity index (χ0v) is 12.8. The van der Waals surface area contributed by atoms with E-state index in [-0.39, 0.29) is 0 Å². The fourth-order valence-electron chi connectivity index (χ4n) is 2.88. The third-order valence-corrected chi connectivity index (χ3v) is 3.98. The Bertz CT molecular complexity index is 952. The van der Waals surface area contributed by atoms with Crippen LogP contribution in [0.5, 0.6) is 0 Å². The highest BCUT2D eigenvalue weighted by atomic mass is 15.3. The Labute approximate surface area is 134 Å². The van der Waals surface area contributed by atoms with Crippen molar-refractivity contribution in [3.63, 3.8) is 0 Å². The number of nitrogens with zero attached hydrogens (tertiary/aromatic N) is 4. The second-order valence-electron chi connectivity index (χ2n) is 5.37. The topological polar surface area (TPSA) is 43.6 Å². The van der Waals surface area contributed by atoms with E-state index >= 15 is 0 Å². The van der Waals surface area contributed by atoms with Gasteiger partial charge in [-0.3, -0.25) is 4.68 Å². The normalized spacial score (nSPS) is 11.0. The van der Waals surface area contributed by atoms with E-state index in [1.807, 2.05) is 16.8 Å². The van der Waals surface area contributed by atoms with Crippen molar-refractivity contribution in [1.82, 2.24) is 20.0 Å². The minimum Gasteiger partial charge on any atom is -0.263 e. The maximum atomic E-state index is 4.77. The van der Waals surface area contributed by atoms with E-state index in [4.69, 9.17) is 5.10 Å². The highest BCUT2D eigenvalue weighted by molar-refractivity contribution is 5.96. The third kappa shape index (κ3) is 2.38. The third-order valence-electron chi connectivity index (χ3n) is 3.98. The van der Waals surface area contributed by atoms with Crippen molar-refractivity contribution in [2.45, 2.75) is 13.5 Å². The van der Waals surface area contributed by atoms with Crippen molar-refractivity contribution in [2.24, 2.45) is 0 Å². The molecule has 0 spiro atoms. The minimum absolute atomic E-state index is 0.788. The molecule has 4 heteroatoms. The molecule has 0 saturated heterocycles. The van der Waals surface area contributed by atoms with E-state index in [0.29, 0.717) is 0 Å². The Hall–Kier alpha value is -3.01. The zero-order chi connectivity index (χ0) is 15.6. The summed E-state index contributed by atoms with van der Waals surface area (Å²) in [6, 6.07) is 20.6. The lowest BCUT2D eigenvalue weighted by Gasteiger charge is -2.03. The molecule has 0 fully saturated rings. The summed E-state index contributed by atoms with van der Waals surface area (Å²) in [6.45, 7) is 2.87. The monoisotopic (exact) mass is 300 g/mol. The van der Waals surface area contributed by atoms with Gasteiger partial charge in [0.1, 0.15) is 5.69 Å². The largest absolute Gasteiger partial charge is 0.263 e. The number of hydrogen-bond acceptors (Lipinski definition) is 3. The molecule has 0 bridgehead atoms. The van der Waals surface area contributed by atoms with Crippen LogP contribution in [0.25, 0.3) is 33.4 Å². The average molecular weight is 300 g/mol. The van der Waals surface area contributed by atoms with Crippen molar-refractivity contribution in [1.29, 1.82) is 0 Å². The van der Waals surface area contributed by atoms with E-state index < -0.39 is 0 Å². The molecule has 0 aliphatic rings. The van der Waals surface area contributed by atoms with E-state index in [1.54, 1.807) is 6.20 Å². The Morgan fingerprint density at radius 1 is 0.913 bits per heavy atom. The highest BCUT2D eigenvalue weighted by Gasteiger charge is 2.13. The molecule has 0 atom stereocenters. The van der Waals surface area contributed by atoms with Crippen LogP contribution in [-0.4, -0.2) is 20.0 Å². The van der Waals surface area contributed by atoms with Gasteiger partial charge in [0.25, 0.3) is 0 Å². The van der Waals surface area contributed by atoms with Crippen molar-refractivity contribution in [2.75, 3.05) is 0 Å². The van der Waals surface area contributed by atoms with E-state index in [2.05, 4.69) is 65.7 Å². The first-order valence-electron chi connectivity index (χ1n) is 7.71. The van der Waals surface area contributed by atoms with Crippen LogP contribution in [0.2, 0.25) is 0 Å². The highest BCUT2D eigenvalue weighted by Crippen LogP contribution is 2.30. The lowest BCUT2D eigenvalue weighted by molar-refractivity contribution is 0.667. The van der Waals surface area contributed by atoms with Crippen LogP contribution in [0, 0.1) is 0 Å². The lowest BCUT2D eigenvalue weighted by atomic mass is 10.0. The zero-order valence-electron chi connectivity index (χ0n) is 12.8. The smallest absolute Gasteiger partial charge is 0.111 e. The van der Waals surface area contributed by atoms with Crippen molar-refractivity contribution in [3.05, 3.63) is 66.9 Å². The molecule has 2 aromatic heterocycles. The summed E-state index contributed by atoms with van der Waals surface area (Å²) in [6.07, 6.45) is 1.68. The molecule has 0 aliphatic heterocycles. The van der Waals surface area contributed by atoms with Gasteiger partial charge in [-0.2, -0.15) is 10.2 Å². The maximum absolute atomic E-state index is 4.77. The number of rotatable bonds is 3. The second kappa shape index (κ2) is 5.65. The first-order chi connectivity index (χ1) is 11.4. The molecule has 0 unspecified atom stereocenters. The van der Waals surface area contributed by atoms with Crippen molar-refractivity contribution < 1.29 is 0 Å². The Morgan fingerprint density at radius 3 is 2.61 bits per heavy atom. The summed E-state index contributed by atoms with van der Waals surface area (Å²) in [5, 5.41) is 15.4. The average Bonchev–Trinajstić information content (AvgIpc) is 3.06. The molecule has 0 N–H and O–H groups in total. The van der Waals surface area contributed by atoms with Crippen LogP contribution in [0.15, 0.2) is 66.9 Å². The number of fused-ring (bicyclic) bond motifs is 1. The number of aromatic nitrogens is 4. The van der Waals surface area contributed by atoms with Gasteiger partial charge in [0.15, 0.2) is 0 Å². The van der Waals surface area contributed by atoms with Crippen LogP contribution >= 0.6 is 0 Å². The van der Waals surface area contributed by atoms with Crippen LogP contribution < -0.4 is 0 Å². The molecule has 0 aliphatic carbocycles. The van der Waals surface area contributed by atoms with Crippen LogP contribution in [0.4, 0.5) is 0 Å². The van der Waals surface area contributed by atoms with Crippen LogP contribution in [0.3, 0.4) is 0 Å². The molecule has 0 saturated carbocycles. The molecule has 0 amide bonds. The van der Waals surface area contributed by atoms with E-state index in [0.717, 1.165) is 29.2 Å². The van der Waals surface area contributed by atoms with E-state index in [9.17, 15) is 0 Å². The summed E-state index contributed by atoms with van der Waals surface area (Å²) in [4.78, 5) is 0. The summed E-state index contributed by atoms with van der Waals surface area (Å²) in [5.74, 6) is 0. The number of benzene rings is 2. The molecule has 23 heavy (non-hydrogen) atoms. The summed E-state index contributed by atoms with van der Waals surface area (Å²) in [5.41, 5.74) is 3.93. The van der Waals surface area contributed by atoms with Gasteiger partial charge in [-0.05, 0) is 35.9 Å². The molecule has 0 radical (unpaired) electrons. The quantitative estimate of drug-likeness (QED) is 0.570. The number of hydrogen-bond donors (Lipinski definition) is 0. The number of aryl methyl sites for hydroxylation is 1. The summed E-state index contributed by atoms with van der Waals surface area (Å²) < 4.78 is 1.97. The van der Waals surface area contributed by atoms with Gasteiger partial charge < -0.3 is 0 Å².